The first-order chi connectivity index (χ1) is 38.4. The second-order valence-corrected chi connectivity index (χ2v) is 14.5. The van der Waals surface area contributed by atoms with Crippen LogP contribution in [0.2, 0.25) is 0 Å². The number of hydrogen-bond donors (Lipinski definition) is 0. The van der Waals surface area contributed by atoms with Crippen LogP contribution in [0.25, 0.3) is 78.3 Å². The summed E-state index contributed by atoms with van der Waals surface area (Å²) in [5.74, 6) is 0. The number of benzene rings is 7. The van der Waals surface area contributed by atoms with E-state index in [-0.39, 0.29) is 119 Å². The third kappa shape index (κ3) is 10.2. The molecule has 10 rings (SSSR count). The van der Waals surface area contributed by atoms with Crippen molar-refractivity contribution in [3.63, 3.8) is 0 Å². The van der Waals surface area contributed by atoms with E-state index in [1.807, 2.05) is 54.6 Å². The van der Waals surface area contributed by atoms with Gasteiger partial charge in [-0.3, -0.25) is 0 Å². The number of aromatic nitrogens is 3. The molecule has 0 saturated heterocycles. The Hall–Kier alpha value is -7.36. The molecule has 0 aliphatic heterocycles. The van der Waals surface area contributed by atoms with Gasteiger partial charge in [-0.25, -0.2) is 0 Å². The van der Waals surface area contributed by atoms with Crippen molar-refractivity contribution >= 4 is 0 Å². The van der Waals surface area contributed by atoms with E-state index in [4.69, 9.17) is 12.3 Å². The van der Waals surface area contributed by atoms with Crippen molar-refractivity contribution in [2.24, 2.45) is 0 Å². The van der Waals surface area contributed by atoms with Gasteiger partial charge in [0.1, 0.15) is 0 Å². The smallest absolute Gasteiger partial charge is 0.305 e. The number of pyridine rings is 3. The second-order valence-electron chi connectivity index (χ2n) is 14.5. The Kier molecular flexibility index (Phi) is 8.51. The molecular formula is C61H44IrN3. The predicted molar refractivity (Wildman–Crippen MR) is 262 cm³/mol. The van der Waals surface area contributed by atoms with Crippen molar-refractivity contribution in [1.82, 2.24) is 15.0 Å². The zero-order valence-corrected chi connectivity index (χ0v) is 36.7. The maximum absolute atomic E-state index is 9.71. The Morgan fingerprint density at radius 2 is 0.831 bits per heavy atom. The first-order valence-corrected chi connectivity index (χ1v) is 20.2. The van der Waals surface area contributed by atoms with E-state index in [0.717, 1.165) is 22.8 Å². The fraction of sp³-hybridized carbons (Fsp3) is 0.0656. The standard InChI is InChI=1S/C61H44N3.Ir/c1-2-12-48(13-3-1)49-31-33-50(34-32-49)58-43-53(61-18-8-11-39-64-61)35-36-57(58)56-15-5-4-14-55(56)54-41-46(21-19-44-23-27-51(28-24-44)59-16-6-9-37-62-59)40-47(42-54)22-20-45-25-29-52(30-26-45)60-17-7-10-38-63-60;/h1-18,23-27,29,31-34,36-43H,19-22H2;/q-3;+3/i6D,7D,8D,9D,10D,11D,19D2,20D2,21D2,22D2,37D,38D,39D;. The topological polar surface area (TPSA) is 38.7 Å². The van der Waals surface area contributed by atoms with Crippen molar-refractivity contribution in [2.45, 2.75) is 25.5 Å². The molecule has 0 N–H and O–H groups in total. The van der Waals surface area contributed by atoms with E-state index in [9.17, 15) is 11.0 Å². The van der Waals surface area contributed by atoms with E-state index >= 15 is 0 Å². The minimum atomic E-state index is -3.00. The number of hydrogen-bond acceptors (Lipinski definition) is 3. The fourth-order valence-electron chi connectivity index (χ4n) is 7.27. The molecule has 3 nitrogen and oxygen atoms in total. The van der Waals surface area contributed by atoms with Gasteiger partial charge in [0, 0.05) is 29.5 Å². The van der Waals surface area contributed by atoms with E-state index < -0.39 is 37.8 Å². The predicted octanol–water partition coefficient (Wildman–Crippen LogP) is 14.5. The summed E-state index contributed by atoms with van der Waals surface area (Å²) >= 11 is 0. The van der Waals surface area contributed by atoms with Crippen LogP contribution in [0.15, 0.2) is 219 Å². The molecule has 0 saturated carbocycles. The molecule has 10 aromatic rings. The Morgan fingerprint density at radius 3 is 1.37 bits per heavy atom. The molecule has 312 valence electrons. The molecule has 0 bridgehead atoms. The Labute approximate surface area is 419 Å². The quantitative estimate of drug-likeness (QED) is 0.108. The van der Waals surface area contributed by atoms with Crippen molar-refractivity contribution in [2.75, 3.05) is 0 Å². The van der Waals surface area contributed by atoms with Crippen molar-refractivity contribution in [3.8, 4) is 78.3 Å². The maximum Gasteiger partial charge on any atom is 3.00 e. The van der Waals surface area contributed by atoms with Crippen LogP contribution in [0.4, 0.5) is 0 Å². The second kappa shape index (κ2) is 20.4. The summed E-state index contributed by atoms with van der Waals surface area (Å²) in [7, 11) is 0. The van der Waals surface area contributed by atoms with Crippen LogP contribution < -0.4 is 0 Å². The van der Waals surface area contributed by atoms with Crippen molar-refractivity contribution < 1.29 is 43.4 Å². The first kappa shape index (κ1) is 27.1. The molecule has 0 aliphatic carbocycles. The molecule has 65 heavy (non-hydrogen) atoms. The zero-order chi connectivity index (χ0) is 57.9. The summed E-state index contributed by atoms with van der Waals surface area (Å²) < 4.78 is 150. The molecule has 3 heterocycles. The fourth-order valence-corrected chi connectivity index (χ4v) is 7.27. The monoisotopic (exact) mass is 1030 g/mol. The Morgan fingerprint density at radius 1 is 0.354 bits per heavy atom. The van der Waals surface area contributed by atoms with Gasteiger partial charge < -0.3 is 15.0 Å². The van der Waals surface area contributed by atoms with Gasteiger partial charge in [0.05, 0.1) is 12.3 Å². The zero-order valence-electron chi connectivity index (χ0n) is 51.3. The number of nitrogens with zero attached hydrogens (tertiary/aromatic N) is 3. The minimum absolute atomic E-state index is 0. The molecule has 0 atom stereocenters. The third-order valence-corrected chi connectivity index (χ3v) is 10.4. The SMILES string of the molecule is [2H]c1cc(-c2[c-]cc(C([2H])([2H])C([2H])([2H])c3cc(-c4ccccc4-c4c[c-]c(-c5cc([2H])c([2H])c([2H])n5)cc4-c4ccc(-c5ccccc5)cc4)cc(C([2H])([2H])C([2H])([2H])c4c[c-]c(-c5cc([2H])c([2H])c([2H])n5)cc4)c3)cc2)nc([2H])c1[2H].[Ir+3]. The van der Waals surface area contributed by atoms with Gasteiger partial charge in [-0.1, -0.05) is 163 Å². The van der Waals surface area contributed by atoms with Crippen molar-refractivity contribution in [3.05, 3.63) is 259 Å². The first-order valence-electron chi connectivity index (χ1n) is 28.7. The van der Waals surface area contributed by atoms with Gasteiger partial charge in [-0.2, -0.15) is 0 Å². The van der Waals surface area contributed by atoms with Gasteiger partial charge in [0.15, 0.2) is 0 Å². The molecular weight excluding hydrogens is 967 g/mol. The van der Waals surface area contributed by atoms with E-state index in [1.165, 1.54) is 66.7 Å². The molecule has 0 amide bonds. The van der Waals surface area contributed by atoms with Crippen LogP contribution in [0.1, 0.15) is 45.6 Å². The Bertz CT molecular complexity index is 3840. The third-order valence-electron chi connectivity index (χ3n) is 10.4. The molecule has 0 fully saturated rings. The van der Waals surface area contributed by atoms with Crippen LogP contribution >= 0.6 is 0 Å². The molecule has 0 spiro atoms. The summed E-state index contributed by atoms with van der Waals surface area (Å²) in [6.45, 7) is 0. The summed E-state index contributed by atoms with van der Waals surface area (Å²) in [6, 6.07) is 51.2. The van der Waals surface area contributed by atoms with E-state index in [2.05, 4.69) is 33.2 Å². The van der Waals surface area contributed by atoms with Gasteiger partial charge >= 0.3 is 20.1 Å². The number of rotatable bonds is 13. The summed E-state index contributed by atoms with van der Waals surface area (Å²) in [6.07, 6.45) is -13.1. The summed E-state index contributed by atoms with van der Waals surface area (Å²) in [5.41, 5.74) is 5.32. The Balaban J connectivity index is 0.00000810. The molecule has 0 aliphatic rings. The van der Waals surface area contributed by atoms with Crippen LogP contribution in [0.5, 0.6) is 0 Å². The molecule has 3 aromatic heterocycles. The van der Waals surface area contributed by atoms with Gasteiger partial charge in [0.25, 0.3) is 0 Å². The normalized spacial score (nSPS) is 15.5. The van der Waals surface area contributed by atoms with Crippen LogP contribution in [-0.2, 0) is 45.6 Å². The van der Waals surface area contributed by atoms with Crippen LogP contribution in [-0.4, -0.2) is 15.0 Å². The van der Waals surface area contributed by atoms with Crippen LogP contribution in [0.3, 0.4) is 0 Å². The van der Waals surface area contributed by atoms with Crippen LogP contribution in [0, 0.1) is 18.2 Å². The molecule has 0 radical (unpaired) electrons. The maximum atomic E-state index is 9.71. The van der Waals surface area contributed by atoms with Crippen molar-refractivity contribution in [1.29, 1.82) is 0 Å². The molecule has 0 unspecified atom stereocenters. The van der Waals surface area contributed by atoms with E-state index in [1.54, 1.807) is 36.4 Å². The van der Waals surface area contributed by atoms with Gasteiger partial charge in [-0.05, 0) is 86.9 Å². The summed E-state index contributed by atoms with van der Waals surface area (Å²) in [4.78, 5) is 12.4. The summed E-state index contributed by atoms with van der Waals surface area (Å²) in [5, 5.41) is 0. The number of aryl methyl sites for hydroxylation is 4. The van der Waals surface area contributed by atoms with Gasteiger partial charge in [0.2, 0.25) is 0 Å². The molecule has 4 heteroatoms. The average molecular weight is 1030 g/mol. The molecule has 7 aromatic carbocycles. The van der Waals surface area contributed by atoms with Gasteiger partial charge in [-0.15, -0.1) is 94.5 Å². The van der Waals surface area contributed by atoms with E-state index in [0.29, 0.717) is 27.8 Å². The average Bonchev–Trinajstić information content (AvgIpc) is 3.57. The largest absolute Gasteiger partial charge is 3.00 e. The minimum Gasteiger partial charge on any atom is -0.305 e.